The van der Waals surface area contributed by atoms with E-state index in [0.717, 1.165) is 0 Å². The lowest BCUT2D eigenvalue weighted by Crippen LogP contribution is -2.21. The van der Waals surface area contributed by atoms with Crippen LogP contribution in [0.25, 0.3) is 0 Å². The average molecular weight is 252 g/mol. The summed E-state index contributed by atoms with van der Waals surface area (Å²) < 4.78 is 25.5. The van der Waals surface area contributed by atoms with Crippen LogP contribution < -0.4 is 0 Å². The molecule has 1 atom stereocenters. The van der Waals surface area contributed by atoms with Gasteiger partial charge < -0.3 is 4.90 Å². The topological polar surface area (TPSA) is 59.0 Å². The Kier molecular flexibility index (Phi) is 11.7. The molecule has 0 amide bonds. The average Bonchev–Trinajstić information content (AvgIpc) is 2.21. The maximum absolute atomic E-state index is 10.5. The summed E-state index contributed by atoms with van der Waals surface area (Å²) in [5.41, 5.74) is 0. The lowest BCUT2D eigenvalue weighted by Gasteiger charge is -2.13. The fourth-order valence-electron chi connectivity index (χ4n) is 0.681. The van der Waals surface area contributed by atoms with E-state index in [9.17, 15) is 9.09 Å². The lowest BCUT2D eigenvalue weighted by molar-refractivity contribution is -0.0355. The van der Waals surface area contributed by atoms with Crippen LogP contribution in [0, 0.1) is 0 Å². The van der Waals surface area contributed by atoms with Crippen LogP contribution >= 0.6 is 19.7 Å². The summed E-state index contributed by atoms with van der Waals surface area (Å²) in [5, 5.41) is 0. The molecule has 0 saturated heterocycles. The molecule has 0 aliphatic carbocycles. The molecule has 5 nitrogen and oxygen atoms in total. The molecule has 1 N–H and O–H groups in total. The van der Waals surface area contributed by atoms with Crippen molar-refractivity contribution in [3.63, 3.8) is 0 Å². The molecular weight excluding hydrogens is 235 g/mol. The third kappa shape index (κ3) is 10.4. The molecule has 14 heavy (non-hydrogen) atoms. The Balaban J connectivity index is 0. The molecular formula is C6H16ClFNO4P. The second-order valence-corrected chi connectivity index (χ2v) is 3.85. The van der Waals surface area contributed by atoms with Gasteiger partial charge in [-0.05, 0) is 24.2 Å². The van der Waals surface area contributed by atoms with E-state index in [0.29, 0.717) is 0 Å². The van der Waals surface area contributed by atoms with E-state index in [4.69, 9.17) is 4.89 Å². The van der Waals surface area contributed by atoms with Crippen LogP contribution in [0.4, 0.5) is 4.53 Å². The van der Waals surface area contributed by atoms with Crippen molar-refractivity contribution in [1.82, 2.24) is 4.90 Å². The molecule has 8 heteroatoms. The summed E-state index contributed by atoms with van der Waals surface area (Å²) in [6.45, 7) is 10.1. The first-order valence-corrected chi connectivity index (χ1v) is 5.93. The van der Waals surface area contributed by atoms with Crippen LogP contribution in [0.1, 0.15) is 20.8 Å². The smallest absolute Gasteiger partial charge is 0.304 e. The minimum atomic E-state index is -4.56. The highest BCUT2D eigenvalue weighted by Crippen LogP contribution is 2.44. The molecule has 0 spiro atoms. The van der Waals surface area contributed by atoms with Gasteiger partial charge in [0.15, 0.2) is 0 Å². The summed E-state index contributed by atoms with van der Waals surface area (Å²) in [6, 6.07) is 0. The van der Waals surface area contributed by atoms with E-state index in [1.165, 1.54) is 19.6 Å². The fraction of sp³-hybridized carbons (Fsp3) is 1.00. The van der Waals surface area contributed by atoms with Gasteiger partial charge in [0.2, 0.25) is 0 Å². The van der Waals surface area contributed by atoms with Gasteiger partial charge in [0, 0.05) is 0 Å². The second kappa shape index (κ2) is 9.83. The largest absolute Gasteiger partial charge is 0.519 e. The monoisotopic (exact) mass is 251 g/mol. The van der Waals surface area contributed by atoms with Gasteiger partial charge in [-0.3, -0.25) is 4.89 Å². The highest BCUT2D eigenvalue weighted by atomic mass is 35.5. The summed E-state index contributed by atoms with van der Waals surface area (Å²) in [7, 11) is -4.56. The normalized spacial score (nSPS) is 14.5. The molecule has 0 bridgehead atoms. The maximum Gasteiger partial charge on any atom is 0.519 e. The minimum absolute atomic E-state index is 1.19. The molecule has 0 radical (unpaired) electrons. The summed E-state index contributed by atoms with van der Waals surface area (Å²) in [5.74, 6) is 0. The maximum atomic E-state index is 10.5. The van der Waals surface area contributed by atoms with E-state index >= 15 is 0 Å². The Bertz CT molecular complexity index is 156. The first-order valence-electron chi connectivity index (χ1n) is 4.13. The Morgan fingerprint density at radius 3 is 1.71 bits per heavy atom. The molecule has 0 saturated carbocycles. The summed E-state index contributed by atoms with van der Waals surface area (Å²) in [6.07, 6.45) is 0. The van der Waals surface area contributed by atoms with E-state index in [1.54, 1.807) is 0 Å². The third-order valence-electron chi connectivity index (χ3n) is 1.52. The standard InChI is InChI=1S/C6H15N.ClFHO4P/c1-4-7(5-2)6-3;1-5-7(3,4)6-2/h4-6H2,1-3H3;(H,3,4). The zero-order valence-electron chi connectivity index (χ0n) is 8.44. The van der Waals surface area contributed by atoms with Gasteiger partial charge in [0.05, 0.1) is 11.9 Å². The minimum Gasteiger partial charge on any atom is -0.304 e. The Morgan fingerprint density at radius 2 is 1.71 bits per heavy atom. The number of phosphoric acid groups is 1. The van der Waals surface area contributed by atoms with Gasteiger partial charge in [-0.1, -0.05) is 25.5 Å². The molecule has 0 aromatic heterocycles. The van der Waals surface area contributed by atoms with Crippen LogP contribution in [-0.4, -0.2) is 29.4 Å². The highest BCUT2D eigenvalue weighted by Gasteiger charge is 2.20. The number of halogens is 2. The SMILES string of the molecule is CCN(CC)CC.O=P(O)(OF)OCl. The zero-order chi connectivity index (χ0) is 11.6. The van der Waals surface area contributed by atoms with Crippen LogP contribution in [0.15, 0.2) is 0 Å². The lowest BCUT2D eigenvalue weighted by atomic mass is 10.5. The number of rotatable bonds is 5. The third-order valence-corrected chi connectivity index (χ3v) is 2.39. The van der Waals surface area contributed by atoms with Gasteiger partial charge >= 0.3 is 7.82 Å². The van der Waals surface area contributed by atoms with Gasteiger partial charge in [0.1, 0.15) is 0 Å². The molecule has 0 aliphatic rings. The molecule has 0 rings (SSSR count). The van der Waals surface area contributed by atoms with Gasteiger partial charge in [-0.2, -0.15) is 4.08 Å². The van der Waals surface area contributed by atoms with Crippen molar-refractivity contribution in [1.29, 1.82) is 0 Å². The molecule has 0 fully saturated rings. The van der Waals surface area contributed by atoms with Crippen molar-refractivity contribution in [2.75, 3.05) is 19.6 Å². The molecule has 0 heterocycles. The van der Waals surface area contributed by atoms with E-state index in [2.05, 4.69) is 46.3 Å². The molecule has 0 aromatic rings. The van der Waals surface area contributed by atoms with Crippen molar-refractivity contribution in [2.45, 2.75) is 20.8 Å². The summed E-state index contributed by atoms with van der Waals surface area (Å²) >= 11 is 4.22. The van der Waals surface area contributed by atoms with Crippen molar-refractivity contribution in [3.8, 4) is 0 Å². The van der Waals surface area contributed by atoms with Crippen molar-refractivity contribution in [3.05, 3.63) is 0 Å². The van der Waals surface area contributed by atoms with Crippen LogP contribution in [0.3, 0.4) is 0 Å². The zero-order valence-corrected chi connectivity index (χ0v) is 10.1. The van der Waals surface area contributed by atoms with Crippen LogP contribution in [-0.2, 0) is 13.4 Å². The van der Waals surface area contributed by atoms with Crippen LogP contribution in [0.5, 0.6) is 0 Å². The van der Waals surface area contributed by atoms with Crippen molar-refractivity contribution < 1.29 is 22.8 Å². The molecule has 0 aromatic carbocycles. The van der Waals surface area contributed by atoms with E-state index in [-0.39, 0.29) is 0 Å². The van der Waals surface area contributed by atoms with Crippen LogP contribution in [0.2, 0.25) is 0 Å². The number of hydrogen-bond acceptors (Lipinski definition) is 4. The quantitative estimate of drug-likeness (QED) is 0.761. The summed E-state index contributed by atoms with van der Waals surface area (Å²) in [4.78, 5) is 10.1. The number of nitrogens with zero attached hydrogens (tertiary/aromatic N) is 1. The number of hydrogen-bond donors (Lipinski definition) is 1. The van der Waals surface area contributed by atoms with Gasteiger partial charge in [0.25, 0.3) is 0 Å². The molecule has 1 unspecified atom stereocenters. The van der Waals surface area contributed by atoms with E-state index < -0.39 is 7.82 Å². The van der Waals surface area contributed by atoms with Gasteiger partial charge in [-0.15, -0.1) is 0 Å². The van der Waals surface area contributed by atoms with Gasteiger partial charge in [-0.25, -0.2) is 4.57 Å². The van der Waals surface area contributed by atoms with Crippen molar-refractivity contribution >= 4 is 19.7 Å². The molecule has 0 aliphatic heterocycles. The second-order valence-electron chi connectivity index (χ2n) is 2.23. The fourth-order valence-corrected chi connectivity index (χ4v) is 0.767. The predicted molar refractivity (Wildman–Crippen MR) is 52.4 cm³/mol. The first-order chi connectivity index (χ1) is 6.47. The van der Waals surface area contributed by atoms with E-state index in [1.807, 2.05) is 0 Å². The Labute approximate surface area is 88.4 Å². The Morgan fingerprint density at radius 1 is 1.36 bits per heavy atom. The first kappa shape index (κ1) is 16.7. The highest BCUT2D eigenvalue weighted by molar-refractivity contribution is 7.48. The van der Waals surface area contributed by atoms with Crippen molar-refractivity contribution in [2.24, 2.45) is 0 Å². The predicted octanol–water partition coefficient (Wildman–Crippen LogP) is 2.51. The Hall–Kier alpha value is 0.290. The molecule has 88 valence electrons.